The summed E-state index contributed by atoms with van der Waals surface area (Å²) in [5, 5.41) is 21.2. The van der Waals surface area contributed by atoms with Crippen LogP contribution >= 0.6 is 0 Å². The molecule has 0 spiro atoms. The fourth-order valence-corrected chi connectivity index (χ4v) is 2.04. The largest absolute Gasteiger partial charge is 0.395 e. The van der Waals surface area contributed by atoms with Crippen molar-refractivity contribution in [3.05, 3.63) is 41.1 Å². The molecule has 0 saturated carbocycles. The Kier molecular flexibility index (Phi) is 4.18. The minimum atomic E-state index is -0.480. The number of hydrogen-bond acceptors (Lipinski definition) is 3. The normalized spacial score (nSPS) is 11.3. The summed E-state index contributed by atoms with van der Waals surface area (Å²) in [6, 6.07) is 9.60. The maximum absolute atomic E-state index is 11.8. The number of nitriles is 1. The topological polar surface area (TPSA) is 88.9 Å². The lowest BCUT2D eigenvalue weighted by molar-refractivity contribution is -0.117. The van der Waals surface area contributed by atoms with Crippen LogP contribution in [-0.4, -0.2) is 29.1 Å². The molecule has 0 unspecified atom stereocenters. The van der Waals surface area contributed by atoms with Crippen LogP contribution < -0.4 is 5.32 Å². The molecule has 20 heavy (non-hydrogen) atoms. The summed E-state index contributed by atoms with van der Waals surface area (Å²) >= 11 is 0. The highest BCUT2D eigenvalue weighted by Gasteiger charge is 2.11. The van der Waals surface area contributed by atoms with E-state index in [0.29, 0.717) is 0 Å². The fraction of sp³-hybridized carbons (Fsp3) is 0.200. The Hall–Kier alpha value is -2.58. The van der Waals surface area contributed by atoms with Gasteiger partial charge in [-0.15, -0.1) is 0 Å². The Balaban J connectivity index is 2.42. The van der Waals surface area contributed by atoms with Gasteiger partial charge in [-0.1, -0.05) is 18.2 Å². The first-order valence-electron chi connectivity index (χ1n) is 6.25. The zero-order chi connectivity index (χ0) is 14.5. The molecule has 0 fully saturated rings. The smallest absolute Gasteiger partial charge is 0.262 e. The number of carbonyl (C=O) groups is 1. The third-order valence-corrected chi connectivity index (χ3v) is 2.99. The van der Waals surface area contributed by atoms with E-state index in [1.54, 1.807) is 6.08 Å². The number of aromatic amines is 1. The molecule has 1 amide bonds. The number of para-hydroxylation sites is 1. The Bertz CT molecular complexity index is 707. The number of fused-ring (bicyclic) bond motifs is 1. The van der Waals surface area contributed by atoms with Gasteiger partial charge in [-0.3, -0.25) is 4.79 Å². The van der Waals surface area contributed by atoms with Gasteiger partial charge in [-0.25, -0.2) is 0 Å². The van der Waals surface area contributed by atoms with E-state index in [1.807, 2.05) is 37.3 Å². The van der Waals surface area contributed by atoms with Gasteiger partial charge in [0.25, 0.3) is 5.91 Å². The third kappa shape index (κ3) is 2.71. The third-order valence-electron chi connectivity index (χ3n) is 2.99. The summed E-state index contributed by atoms with van der Waals surface area (Å²) in [4.78, 5) is 15.0. The van der Waals surface area contributed by atoms with Crippen LogP contribution in [0.25, 0.3) is 17.0 Å². The molecule has 1 aromatic heterocycles. The van der Waals surface area contributed by atoms with Gasteiger partial charge < -0.3 is 15.4 Å². The summed E-state index contributed by atoms with van der Waals surface area (Å²) in [5.74, 6) is -0.480. The van der Waals surface area contributed by atoms with Crippen LogP contribution in [0.15, 0.2) is 29.8 Å². The number of carbonyl (C=O) groups excluding carboxylic acids is 1. The van der Waals surface area contributed by atoms with Gasteiger partial charge in [0, 0.05) is 28.7 Å². The number of hydrogen-bond donors (Lipinski definition) is 3. The second-order valence-corrected chi connectivity index (χ2v) is 4.36. The maximum atomic E-state index is 11.8. The molecule has 0 aliphatic carbocycles. The molecule has 3 N–H and O–H groups in total. The molecule has 0 aliphatic heterocycles. The molecule has 0 aliphatic rings. The van der Waals surface area contributed by atoms with Crippen LogP contribution in [0, 0.1) is 18.3 Å². The Labute approximate surface area is 116 Å². The molecule has 5 nitrogen and oxygen atoms in total. The minimum Gasteiger partial charge on any atom is -0.395 e. The number of amides is 1. The van der Waals surface area contributed by atoms with Crippen LogP contribution in [0.2, 0.25) is 0 Å². The first-order valence-corrected chi connectivity index (χ1v) is 6.25. The van der Waals surface area contributed by atoms with E-state index in [2.05, 4.69) is 10.3 Å². The maximum Gasteiger partial charge on any atom is 0.262 e. The number of aromatic nitrogens is 1. The van der Waals surface area contributed by atoms with Crippen molar-refractivity contribution >= 4 is 22.9 Å². The van der Waals surface area contributed by atoms with Crippen LogP contribution in [0.5, 0.6) is 0 Å². The molecule has 1 aromatic carbocycles. The van der Waals surface area contributed by atoms with Crippen LogP contribution in [-0.2, 0) is 4.79 Å². The highest BCUT2D eigenvalue weighted by Crippen LogP contribution is 2.24. The minimum absolute atomic E-state index is 0.0197. The second kappa shape index (κ2) is 6.04. The van der Waals surface area contributed by atoms with Crippen molar-refractivity contribution in [2.24, 2.45) is 0 Å². The molecular formula is C15H15N3O2. The lowest BCUT2D eigenvalue weighted by Gasteiger charge is -2.01. The van der Waals surface area contributed by atoms with Gasteiger partial charge in [-0.05, 0) is 19.1 Å². The highest BCUT2D eigenvalue weighted by atomic mass is 16.3. The van der Waals surface area contributed by atoms with Gasteiger partial charge in [-0.2, -0.15) is 5.26 Å². The zero-order valence-electron chi connectivity index (χ0n) is 11.1. The van der Waals surface area contributed by atoms with Crippen molar-refractivity contribution in [3.8, 4) is 6.07 Å². The first-order chi connectivity index (χ1) is 9.67. The number of aliphatic hydroxyl groups excluding tert-OH is 1. The molecule has 0 radical (unpaired) electrons. The number of aliphatic hydroxyl groups is 1. The SMILES string of the molecule is Cc1[nH]c2ccccc2c1C=C(C#N)C(=O)NCCO. The number of benzene rings is 1. The van der Waals surface area contributed by atoms with Crippen molar-refractivity contribution in [2.75, 3.05) is 13.2 Å². The number of H-pyrrole nitrogens is 1. The van der Waals surface area contributed by atoms with Crippen molar-refractivity contribution in [2.45, 2.75) is 6.92 Å². The van der Waals surface area contributed by atoms with Gasteiger partial charge in [0.1, 0.15) is 11.6 Å². The number of nitrogens with zero attached hydrogens (tertiary/aromatic N) is 1. The average Bonchev–Trinajstić information content (AvgIpc) is 2.77. The van der Waals surface area contributed by atoms with Crippen LogP contribution in [0.1, 0.15) is 11.3 Å². The Morgan fingerprint density at radius 3 is 2.95 bits per heavy atom. The van der Waals surface area contributed by atoms with Crippen LogP contribution in [0.4, 0.5) is 0 Å². The quantitative estimate of drug-likeness (QED) is 0.580. The Morgan fingerprint density at radius 1 is 1.50 bits per heavy atom. The van der Waals surface area contributed by atoms with E-state index < -0.39 is 5.91 Å². The number of rotatable bonds is 4. The van der Waals surface area contributed by atoms with Gasteiger partial charge in [0.05, 0.1) is 6.61 Å². The first kappa shape index (κ1) is 13.8. The molecule has 0 bridgehead atoms. The van der Waals surface area contributed by atoms with E-state index in [0.717, 1.165) is 22.2 Å². The highest BCUT2D eigenvalue weighted by molar-refractivity contribution is 6.04. The van der Waals surface area contributed by atoms with E-state index in [4.69, 9.17) is 10.4 Å². The molecule has 0 saturated heterocycles. The summed E-state index contributed by atoms with van der Waals surface area (Å²) in [6.45, 7) is 1.87. The van der Waals surface area contributed by atoms with Crippen LogP contribution in [0.3, 0.4) is 0 Å². The van der Waals surface area contributed by atoms with Gasteiger partial charge in [0.2, 0.25) is 0 Å². The molecule has 5 heteroatoms. The summed E-state index contributed by atoms with van der Waals surface area (Å²) in [6.07, 6.45) is 1.57. The average molecular weight is 269 g/mol. The molecule has 0 atom stereocenters. The van der Waals surface area contributed by atoms with E-state index in [-0.39, 0.29) is 18.7 Å². The Morgan fingerprint density at radius 2 is 2.25 bits per heavy atom. The van der Waals surface area contributed by atoms with Crippen molar-refractivity contribution in [3.63, 3.8) is 0 Å². The van der Waals surface area contributed by atoms with Gasteiger partial charge in [0.15, 0.2) is 0 Å². The second-order valence-electron chi connectivity index (χ2n) is 4.36. The lowest BCUT2D eigenvalue weighted by Crippen LogP contribution is -2.27. The summed E-state index contributed by atoms with van der Waals surface area (Å²) in [7, 11) is 0. The number of nitrogens with one attached hydrogen (secondary N) is 2. The van der Waals surface area contributed by atoms with Crippen molar-refractivity contribution in [1.29, 1.82) is 5.26 Å². The molecular weight excluding hydrogens is 254 g/mol. The van der Waals surface area contributed by atoms with Crippen molar-refractivity contribution < 1.29 is 9.90 Å². The standard InChI is InChI=1S/C15H15N3O2/c1-10-13(12-4-2-3-5-14(12)18-10)8-11(9-16)15(20)17-6-7-19/h2-5,8,18-19H,6-7H2,1H3,(H,17,20). The monoisotopic (exact) mass is 269 g/mol. The van der Waals surface area contributed by atoms with E-state index >= 15 is 0 Å². The predicted molar refractivity (Wildman–Crippen MR) is 76.7 cm³/mol. The van der Waals surface area contributed by atoms with E-state index in [9.17, 15) is 4.79 Å². The zero-order valence-corrected chi connectivity index (χ0v) is 11.1. The molecule has 2 rings (SSSR count). The fourth-order valence-electron chi connectivity index (χ4n) is 2.04. The lowest BCUT2D eigenvalue weighted by atomic mass is 10.1. The summed E-state index contributed by atoms with van der Waals surface area (Å²) < 4.78 is 0. The molecule has 102 valence electrons. The van der Waals surface area contributed by atoms with Gasteiger partial charge >= 0.3 is 0 Å². The predicted octanol–water partition coefficient (Wildman–Crippen LogP) is 1.49. The van der Waals surface area contributed by atoms with E-state index in [1.165, 1.54) is 0 Å². The summed E-state index contributed by atoms with van der Waals surface area (Å²) in [5.41, 5.74) is 2.71. The van der Waals surface area contributed by atoms with Crippen molar-refractivity contribution in [1.82, 2.24) is 10.3 Å². The number of aryl methyl sites for hydroxylation is 1. The molecule has 1 heterocycles. The molecule has 2 aromatic rings.